The summed E-state index contributed by atoms with van der Waals surface area (Å²) in [6.07, 6.45) is 1.47. The minimum atomic E-state index is -0.907. The van der Waals surface area contributed by atoms with E-state index in [9.17, 15) is 5.11 Å². The minimum Gasteiger partial charge on any atom is -0.385 e. The third-order valence-corrected chi connectivity index (χ3v) is 4.67. The molecular weight excluding hydrogens is 328 g/mol. The van der Waals surface area contributed by atoms with Crippen molar-refractivity contribution in [2.24, 2.45) is 0 Å². The molecule has 2 unspecified atom stereocenters. The lowest BCUT2D eigenvalue weighted by atomic mass is 9.85. The van der Waals surface area contributed by atoms with Gasteiger partial charge in [0.15, 0.2) is 0 Å². The topological polar surface area (TPSA) is 29.5 Å². The van der Waals surface area contributed by atoms with Crippen molar-refractivity contribution in [2.45, 2.75) is 31.5 Å². The van der Waals surface area contributed by atoms with Crippen LogP contribution in [0.3, 0.4) is 0 Å². The van der Waals surface area contributed by atoms with Crippen LogP contribution >= 0.6 is 15.9 Å². The lowest BCUT2D eigenvalue weighted by Gasteiger charge is -2.32. The molecule has 0 aromatic heterocycles. The van der Waals surface area contributed by atoms with Gasteiger partial charge in [-0.15, -0.1) is 0 Å². The van der Waals surface area contributed by atoms with Gasteiger partial charge in [0, 0.05) is 10.9 Å². The fourth-order valence-electron chi connectivity index (χ4n) is 2.93. The van der Waals surface area contributed by atoms with Crippen molar-refractivity contribution in [3.63, 3.8) is 0 Å². The Morgan fingerprint density at radius 1 is 1.19 bits per heavy atom. The van der Waals surface area contributed by atoms with Gasteiger partial charge >= 0.3 is 0 Å². The second-order valence-corrected chi connectivity index (χ2v) is 6.71. The predicted molar refractivity (Wildman–Crippen MR) is 87.2 cm³/mol. The highest BCUT2D eigenvalue weighted by Gasteiger charge is 2.31. The Kier molecular flexibility index (Phi) is 4.16. The van der Waals surface area contributed by atoms with Crippen molar-refractivity contribution >= 4 is 15.9 Å². The van der Waals surface area contributed by atoms with Gasteiger partial charge in [-0.2, -0.15) is 0 Å². The van der Waals surface area contributed by atoms with Crippen LogP contribution in [-0.2, 0) is 16.8 Å². The fourth-order valence-corrected chi connectivity index (χ4v) is 3.20. The molecule has 21 heavy (non-hydrogen) atoms. The molecule has 1 aliphatic heterocycles. The van der Waals surface area contributed by atoms with E-state index in [2.05, 4.69) is 34.1 Å². The molecule has 1 aliphatic rings. The van der Waals surface area contributed by atoms with Crippen molar-refractivity contribution in [3.8, 4) is 0 Å². The van der Waals surface area contributed by atoms with Crippen molar-refractivity contribution in [2.75, 3.05) is 6.61 Å². The Morgan fingerprint density at radius 3 is 2.67 bits per heavy atom. The maximum Gasteiger partial charge on any atom is 0.0896 e. The maximum atomic E-state index is 10.9. The van der Waals surface area contributed by atoms with Crippen LogP contribution in [0.2, 0.25) is 0 Å². The second-order valence-electron chi connectivity index (χ2n) is 5.79. The van der Waals surface area contributed by atoms with E-state index in [1.165, 1.54) is 11.1 Å². The Labute approximate surface area is 133 Å². The number of hydrogen-bond donors (Lipinski definition) is 1. The molecule has 0 saturated carbocycles. The predicted octanol–water partition coefficient (Wildman–Crippen LogP) is 4.36. The van der Waals surface area contributed by atoms with E-state index in [0.717, 1.165) is 23.1 Å². The van der Waals surface area contributed by atoms with Gasteiger partial charge in [-0.25, -0.2) is 0 Å². The monoisotopic (exact) mass is 346 g/mol. The summed E-state index contributed by atoms with van der Waals surface area (Å²) in [7, 11) is 0. The van der Waals surface area contributed by atoms with E-state index in [-0.39, 0.29) is 6.10 Å². The van der Waals surface area contributed by atoms with E-state index in [1.54, 1.807) is 0 Å². The summed E-state index contributed by atoms with van der Waals surface area (Å²) in [5, 5.41) is 10.9. The van der Waals surface area contributed by atoms with Crippen LogP contribution in [0, 0.1) is 0 Å². The molecule has 0 amide bonds. The molecule has 0 aliphatic carbocycles. The van der Waals surface area contributed by atoms with Crippen LogP contribution in [0.4, 0.5) is 0 Å². The standard InChI is InChI=1S/C18H19BrO2/c1-18(20,14-6-8-15(19)9-7-14)12-17-16-5-3-2-4-13(16)10-11-21-17/h2-9,17,20H,10-12H2,1H3. The first kappa shape index (κ1) is 14.8. The molecule has 0 spiro atoms. The summed E-state index contributed by atoms with van der Waals surface area (Å²) in [6.45, 7) is 2.58. The Bertz CT molecular complexity index is 619. The second kappa shape index (κ2) is 5.91. The van der Waals surface area contributed by atoms with Crippen molar-refractivity contribution in [1.29, 1.82) is 0 Å². The summed E-state index contributed by atoms with van der Waals surface area (Å²) >= 11 is 3.43. The summed E-state index contributed by atoms with van der Waals surface area (Å²) in [5.41, 5.74) is 2.55. The molecule has 2 atom stereocenters. The molecule has 2 aromatic carbocycles. The molecule has 0 fully saturated rings. The summed E-state index contributed by atoms with van der Waals surface area (Å²) in [4.78, 5) is 0. The molecule has 1 N–H and O–H groups in total. The first-order valence-electron chi connectivity index (χ1n) is 7.24. The van der Waals surface area contributed by atoms with Gasteiger partial charge in [0.2, 0.25) is 0 Å². The summed E-state index contributed by atoms with van der Waals surface area (Å²) < 4.78 is 6.93. The molecule has 2 nitrogen and oxygen atoms in total. The van der Waals surface area contributed by atoms with Gasteiger partial charge < -0.3 is 9.84 Å². The highest BCUT2D eigenvalue weighted by Crippen LogP contribution is 2.37. The van der Waals surface area contributed by atoms with E-state index in [0.29, 0.717) is 6.42 Å². The molecule has 0 radical (unpaired) electrons. The van der Waals surface area contributed by atoms with Gasteiger partial charge in [0.1, 0.15) is 0 Å². The third kappa shape index (κ3) is 3.20. The highest BCUT2D eigenvalue weighted by molar-refractivity contribution is 9.10. The quantitative estimate of drug-likeness (QED) is 0.894. The summed E-state index contributed by atoms with van der Waals surface area (Å²) in [5.74, 6) is 0. The first-order chi connectivity index (χ1) is 10.1. The fraction of sp³-hybridized carbons (Fsp3) is 0.333. The van der Waals surface area contributed by atoms with Gasteiger partial charge in [0.25, 0.3) is 0 Å². The lowest BCUT2D eigenvalue weighted by molar-refractivity contribution is -0.0399. The smallest absolute Gasteiger partial charge is 0.0896 e. The highest BCUT2D eigenvalue weighted by atomic mass is 79.9. The van der Waals surface area contributed by atoms with Gasteiger partial charge in [-0.1, -0.05) is 52.3 Å². The summed E-state index contributed by atoms with van der Waals surface area (Å²) in [6, 6.07) is 16.2. The third-order valence-electron chi connectivity index (χ3n) is 4.14. The molecule has 3 heteroatoms. The number of fused-ring (bicyclic) bond motifs is 1. The van der Waals surface area contributed by atoms with Crippen LogP contribution < -0.4 is 0 Å². The van der Waals surface area contributed by atoms with Crippen LogP contribution in [0.1, 0.15) is 36.1 Å². The molecule has 3 rings (SSSR count). The normalized spacial score (nSPS) is 20.6. The zero-order valence-electron chi connectivity index (χ0n) is 12.1. The van der Waals surface area contributed by atoms with E-state index in [1.807, 2.05) is 37.3 Å². The van der Waals surface area contributed by atoms with Crippen LogP contribution in [-0.4, -0.2) is 11.7 Å². The molecular formula is C18H19BrO2. The number of aliphatic hydroxyl groups is 1. The number of halogens is 1. The lowest BCUT2D eigenvalue weighted by Crippen LogP contribution is -2.28. The average molecular weight is 347 g/mol. The van der Waals surface area contributed by atoms with Crippen molar-refractivity contribution < 1.29 is 9.84 Å². The number of hydrogen-bond acceptors (Lipinski definition) is 2. The Morgan fingerprint density at radius 2 is 1.90 bits per heavy atom. The van der Waals surface area contributed by atoms with Crippen molar-refractivity contribution in [3.05, 3.63) is 69.7 Å². The average Bonchev–Trinajstić information content (AvgIpc) is 2.48. The van der Waals surface area contributed by atoms with Gasteiger partial charge in [-0.05, 0) is 42.2 Å². The minimum absolute atomic E-state index is 0.0476. The van der Waals surface area contributed by atoms with Gasteiger partial charge in [-0.3, -0.25) is 0 Å². The number of rotatable bonds is 3. The van der Waals surface area contributed by atoms with Crippen molar-refractivity contribution in [1.82, 2.24) is 0 Å². The molecule has 0 saturated heterocycles. The van der Waals surface area contributed by atoms with Crippen LogP contribution in [0.25, 0.3) is 0 Å². The zero-order chi connectivity index (χ0) is 14.9. The number of ether oxygens (including phenoxy) is 1. The van der Waals surface area contributed by atoms with Crippen LogP contribution in [0.15, 0.2) is 53.0 Å². The first-order valence-corrected chi connectivity index (χ1v) is 8.03. The molecule has 110 valence electrons. The SMILES string of the molecule is CC(O)(CC1OCCc2ccccc21)c1ccc(Br)cc1. The van der Waals surface area contributed by atoms with E-state index >= 15 is 0 Å². The maximum absolute atomic E-state index is 10.9. The van der Waals surface area contributed by atoms with E-state index < -0.39 is 5.60 Å². The number of benzene rings is 2. The Hall–Kier alpha value is -1.16. The zero-order valence-corrected chi connectivity index (χ0v) is 13.6. The van der Waals surface area contributed by atoms with E-state index in [4.69, 9.17) is 4.74 Å². The Balaban J connectivity index is 1.84. The van der Waals surface area contributed by atoms with Crippen LogP contribution in [0.5, 0.6) is 0 Å². The molecule has 2 aromatic rings. The molecule has 0 bridgehead atoms. The molecule has 1 heterocycles. The van der Waals surface area contributed by atoms with Gasteiger partial charge in [0.05, 0.1) is 18.3 Å². The largest absolute Gasteiger partial charge is 0.385 e.